The topological polar surface area (TPSA) is 88.6 Å². The van der Waals surface area contributed by atoms with E-state index >= 15 is 0 Å². The highest BCUT2D eigenvalue weighted by molar-refractivity contribution is 6.06. The average Bonchev–Trinajstić information content (AvgIpc) is 3.03. The molecule has 0 aliphatic heterocycles. The molecule has 0 bridgehead atoms. The number of rotatable bonds is 9. The second-order valence-corrected chi connectivity index (χ2v) is 7.68. The van der Waals surface area contributed by atoms with Crippen LogP contribution in [0.4, 0.5) is 14.5 Å². The number of aromatic nitrogens is 1. The molecule has 0 spiro atoms. The van der Waals surface area contributed by atoms with E-state index in [1.165, 1.54) is 22.5 Å². The number of aliphatic hydroxyl groups is 1. The number of anilines is 1. The van der Waals surface area contributed by atoms with Gasteiger partial charge in [0, 0.05) is 23.0 Å². The first-order chi connectivity index (χ1) is 15.5. The fourth-order valence-corrected chi connectivity index (χ4v) is 4.23. The first kappa shape index (κ1) is 25.6. The highest BCUT2D eigenvalue weighted by Crippen LogP contribution is 2.34. The molecule has 174 valence electrons. The summed E-state index contributed by atoms with van der Waals surface area (Å²) in [6.45, 7) is 6.61. The summed E-state index contributed by atoms with van der Waals surface area (Å²) in [5.41, 5.74) is 5.05. The van der Waals surface area contributed by atoms with Crippen LogP contribution in [0.15, 0.2) is 18.2 Å². The second kappa shape index (κ2) is 9.89. The van der Waals surface area contributed by atoms with E-state index in [0.717, 1.165) is 12.1 Å². The maximum absolute atomic E-state index is 14.1. The Morgan fingerprint density at radius 1 is 1.21 bits per heavy atom. The molecule has 6 nitrogen and oxygen atoms in total. The van der Waals surface area contributed by atoms with Gasteiger partial charge in [0.15, 0.2) is 17.9 Å². The lowest BCUT2D eigenvalue weighted by Gasteiger charge is -2.43. The van der Waals surface area contributed by atoms with Crippen molar-refractivity contribution >= 4 is 17.4 Å². The van der Waals surface area contributed by atoms with Gasteiger partial charge in [-0.05, 0) is 44.4 Å². The quantitative estimate of drug-likeness (QED) is 0.345. The summed E-state index contributed by atoms with van der Waals surface area (Å²) in [6, 6.07) is 3.01. The molecule has 8 heteroatoms. The number of ketones is 1. The number of aliphatic hydroxyl groups excluding tert-OH is 1. The Balaban J connectivity index is 2.75. The lowest BCUT2D eigenvalue weighted by molar-refractivity contribution is 0.0697. The zero-order valence-corrected chi connectivity index (χ0v) is 19.1. The summed E-state index contributed by atoms with van der Waals surface area (Å²) in [5, 5.41) is 11.3. The molecule has 33 heavy (non-hydrogen) atoms. The molecular weight excluding hydrogens is 428 g/mol. The molecule has 0 radical (unpaired) electrons. The van der Waals surface area contributed by atoms with Gasteiger partial charge in [-0.3, -0.25) is 9.59 Å². The van der Waals surface area contributed by atoms with Crippen molar-refractivity contribution in [2.24, 2.45) is 5.73 Å². The molecule has 3 N–H and O–H groups in total. The zero-order valence-electron chi connectivity index (χ0n) is 19.1. The largest absolute Gasteiger partial charge is 0.367 e. The van der Waals surface area contributed by atoms with Crippen molar-refractivity contribution in [1.29, 1.82) is 0 Å². The molecule has 1 amide bonds. The number of carbonyl (C=O) groups excluding carboxylic acids is 2. The monoisotopic (exact) mass is 455 g/mol. The van der Waals surface area contributed by atoms with Crippen LogP contribution < -0.4 is 10.6 Å². The number of benzene rings is 1. The Kier molecular flexibility index (Phi) is 7.68. The number of nitrogens with zero attached hydrogens (tertiary/aromatic N) is 2. The van der Waals surface area contributed by atoms with E-state index in [1.807, 2.05) is 0 Å². The van der Waals surface area contributed by atoms with Gasteiger partial charge in [-0.25, -0.2) is 8.78 Å². The third-order valence-electron chi connectivity index (χ3n) is 6.06. The van der Waals surface area contributed by atoms with Crippen molar-refractivity contribution in [2.75, 3.05) is 4.90 Å². The van der Waals surface area contributed by atoms with Gasteiger partial charge in [-0.2, -0.15) is 0 Å². The van der Waals surface area contributed by atoms with E-state index in [2.05, 4.69) is 11.8 Å². The summed E-state index contributed by atoms with van der Waals surface area (Å²) in [5.74, 6) is 1.22. The highest BCUT2D eigenvalue weighted by atomic mass is 19.2. The SMILES string of the molecule is C#CCn1c(C)c(C(=O)C(O)N(c2ccc(F)c(F)c2)C(C#C)(CC)CC)c(C)c1C(N)=O. The molecule has 0 aliphatic rings. The van der Waals surface area contributed by atoms with Crippen LogP contribution in [0.5, 0.6) is 0 Å². The molecule has 0 fully saturated rings. The predicted molar refractivity (Wildman–Crippen MR) is 123 cm³/mol. The smallest absolute Gasteiger partial charge is 0.265 e. The van der Waals surface area contributed by atoms with Crippen molar-refractivity contribution in [3.8, 4) is 24.7 Å². The summed E-state index contributed by atoms with van der Waals surface area (Å²) >= 11 is 0. The van der Waals surface area contributed by atoms with E-state index in [1.54, 1.807) is 20.8 Å². The fourth-order valence-electron chi connectivity index (χ4n) is 4.23. The number of primary amides is 1. The molecule has 0 saturated heterocycles. The van der Waals surface area contributed by atoms with Crippen molar-refractivity contribution in [3.63, 3.8) is 0 Å². The lowest BCUT2D eigenvalue weighted by Crippen LogP contribution is -2.55. The van der Waals surface area contributed by atoms with E-state index in [4.69, 9.17) is 18.6 Å². The normalized spacial score (nSPS) is 12.0. The number of halogens is 2. The number of hydrogen-bond donors (Lipinski definition) is 2. The third kappa shape index (κ3) is 4.35. The van der Waals surface area contributed by atoms with Crippen LogP contribution in [0.3, 0.4) is 0 Å². The number of Topliss-reactive ketones (excluding diaryl/α,β-unsaturated/α-hetero) is 1. The van der Waals surface area contributed by atoms with Crippen molar-refractivity contribution in [2.45, 2.75) is 58.8 Å². The molecular formula is C25H27F2N3O3. The van der Waals surface area contributed by atoms with Crippen LogP contribution in [0, 0.1) is 50.2 Å². The first-order valence-electron chi connectivity index (χ1n) is 10.4. The molecule has 1 unspecified atom stereocenters. The predicted octanol–water partition coefficient (Wildman–Crippen LogP) is 3.31. The Hall–Kier alpha value is -3.62. The maximum Gasteiger partial charge on any atom is 0.265 e. The molecule has 0 saturated carbocycles. The van der Waals surface area contributed by atoms with Crippen molar-refractivity contribution < 1.29 is 23.5 Å². The minimum Gasteiger partial charge on any atom is -0.367 e. The minimum absolute atomic E-state index is 0.0145. The van der Waals surface area contributed by atoms with Crippen LogP contribution >= 0.6 is 0 Å². The number of nitrogens with two attached hydrogens (primary N) is 1. The second-order valence-electron chi connectivity index (χ2n) is 7.68. The van der Waals surface area contributed by atoms with Gasteiger partial charge in [-0.1, -0.05) is 25.7 Å². The molecule has 1 aromatic heterocycles. The van der Waals surface area contributed by atoms with E-state index in [0.29, 0.717) is 18.5 Å². The summed E-state index contributed by atoms with van der Waals surface area (Å²) in [6.07, 6.45) is 9.94. The molecule has 0 aliphatic carbocycles. The summed E-state index contributed by atoms with van der Waals surface area (Å²) in [4.78, 5) is 26.8. The molecule has 2 aromatic rings. The Morgan fingerprint density at radius 2 is 1.82 bits per heavy atom. The number of amides is 1. The average molecular weight is 456 g/mol. The molecule has 1 atom stereocenters. The number of carbonyl (C=O) groups is 2. The van der Waals surface area contributed by atoms with Gasteiger partial charge in [0.05, 0.1) is 6.54 Å². The van der Waals surface area contributed by atoms with Crippen LogP contribution in [0.25, 0.3) is 0 Å². The van der Waals surface area contributed by atoms with E-state index < -0.39 is 35.1 Å². The van der Waals surface area contributed by atoms with E-state index in [9.17, 15) is 23.5 Å². The van der Waals surface area contributed by atoms with Gasteiger partial charge >= 0.3 is 0 Å². The number of terminal acetylenes is 2. The minimum atomic E-state index is -1.87. The van der Waals surface area contributed by atoms with Crippen LogP contribution in [0.1, 0.15) is 58.8 Å². The fraction of sp³-hybridized carbons (Fsp3) is 0.360. The van der Waals surface area contributed by atoms with Crippen LogP contribution in [-0.2, 0) is 6.54 Å². The van der Waals surface area contributed by atoms with Crippen LogP contribution in [-0.4, -0.2) is 33.1 Å². The third-order valence-corrected chi connectivity index (χ3v) is 6.06. The Bertz CT molecular complexity index is 1170. The molecule has 2 rings (SSSR count). The maximum atomic E-state index is 14.1. The van der Waals surface area contributed by atoms with Gasteiger partial charge in [0.25, 0.3) is 5.91 Å². The molecule has 1 heterocycles. The van der Waals surface area contributed by atoms with Crippen molar-refractivity contribution in [3.05, 3.63) is 52.3 Å². The van der Waals surface area contributed by atoms with Gasteiger partial charge < -0.3 is 20.3 Å². The standard InChI is InChI=1S/C25H27F2N3O3/c1-7-13-29-16(6)20(15(5)21(29)23(28)32)22(31)24(33)30(25(8-2,9-3)10-4)17-11-12-18(26)19(27)14-17/h1-2,11-12,14,24,33H,9-10,13H2,3-6H3,(H2,28,32). The van der Waals surface area contributed by atoms with Gasteiger partial charge in [0.2, 0.25) is 5.78 Å². The summed E-state index contributed by atoms with van der Waals surface area (Å²) in [7, 11) is 0. The Labute approximate surface area is 192 Å². The van der Waals surface area contributed by atoms with Crippen molar-refractivity contribution in [1.82, 2.24) is 4.57 Å². The van der Waals surface area contributed by atoms with E-state index in [-0.39, 0.29) is 29.1 Å². The van der Waals surface area contributed by atoms with Gasteiger partial charge in [-0.15, -0.1) is 12.8 Å². The van der Waals surface area contributed by atoms with Crippen LogP contribution in [0.2, 0.25) is 0 Å². The highest BCUT2D eigenvalue weighted by Gasteiger charge is 2.41. The number of hydrogen-bond acceptors (Lipinski definition) is 4. The lowest BCUT2D eigenvalue weighted by atomic mass is 9.89. The summed E-state index contributed by atoms with van der Waals surface area (Å²) < 4.78 is 29.1. The molecule has 1 aromatic carbocycles. The zero-order chi connectivity index (χ0) is 25.1. The first-order valence-corrected chi connectivity index (χ1v) is 10.4. The van der Waals surface area contributed by atoms with Gasteiger partial charge in [0.1, 0.15) is 11.2 Å². The Morgan fingerprint density at radius 3 is 2.27 bits per heavy atom.